The molecule has 0 amide bonds. The third-order valence-electron chi connectivity index (χ3n) is 1.14. The molecule has 68 valence electrons. The van der Waals surface area contributed by atoms with Crippen molar-refractivity contribution in [2.75, 3.05) is 6.61 Å². The summed E-state index contributed by atoms with van der Waals surface area (Å²) in [7, 11) is 0. The number of thiocarbonyl (C=S) groups is 1. The Hall–Kier alpha value is -0.610. The predicted octanol–water partition coefficient (Wildman–Crippen LogP) is 1.86. The van der Waals surface area contributed by atoms with Crippen LogP contribution in [0.5, 0.6) is 0 Å². The number of aromatic nitrogens is 2. The van der Waals surface area contributed by atoms with Crippen LogP contribution in [-0.4, -0.2) is 21.3 Å². The number of hydrogen-bond donors (Lipinski definition) is 0. The Labute approximate surface area is 83.2 Å². The molecule has 0 aliphatic heterocycles. The zero-order valence-electron chi connectivity index (χ0n) is 6.77. The van der Waals surface area contributed by atoms with E-state index in [1.54, 1.807) is 23.3 Å². The van der Waals surface area contributed by atoms with Gasteiger partial charge in [-0.05, 0) is 18.6 Å². The largest absolute Gasteiger partial charge is 0.470 e. The van der Waals surface area contributed by atoms with Gasteiger partial charge in [0.15, 0.2) is 0 Å². The Bertz CT molecular complexity index is 225. The van der Waals surface area contributed by atoms with Crippen LogP contribution in [0.1, 0.15) is 13.3 Å². The number of imidazole rings is 1. The minimum absolute atomic E-state index is 0. The summed E-state index contributed by atoms with van der Waals surface area (Å²) in [6.07, 6.45) is 6.02. The van der Waals surface area contributed by atoms with E-state index >= 15 is 0 Å². The number of halogens is 1. The topological polar surface area (TPSA) is 27.1 Å². The van der Waals surface area contributed by atoms with Crippen LogP contribution in [-0.2, 0) is 4.74 Å². The maximum absolute atomic E-state index is 5.19. The lowest BCUT2D eigenvalue weighted by molar-refractivity contribution is 0.300. The van der Waals surface area contributed by atoms with Gasteiger partial charge in [0.1, 0.15) is 6.33 Å². The first kappa shape index (κ1) is 11.4. The van der Waals surface area contributed by atoms with Crippen LogP contribution in [0.3, 0.4) is 0 Å². The van der Waals surface area contributed by atoms with Crippen molar-refractivity contribution in [3.05, 3.63) is 18.7 Å². The quantitative estimate of drug-likeness (QED) is 0.692. The fourth-order valence-corrected chi connectivity index (χ4v) is 0.822. The lowest BCUT2D eigenvalue weighted by atomic mass is 10.5. The van der Waals surface area contributed by atoms with E-state index in [4.69, 9.17) is 17.0 Å². The summed E-state index contributed by atoms with van der Waals surface area (Å²) in [4.78, 5) is 3.85. The Kier molecular flexibility index (Phi) is 5.66. The molecule has 1 rings (SSSR count). The second kappa shape index (κ2) is 5.97. The number of rotatable bonds is 2. The van der Waals surface area contributed by atoms with E-state index < -0.39 is 0 Å². The molecule has 0 unspecified atom stereocenters. The average Bonchev–Trinajstić information content (AvgIpc) is 2.52. The summed E-state index contributed by atoms with van der Waals surface area (Å²) >= 11 is 4.94. The highest BCUT2D eigenvalue weighted by Crippen LogP contribution is 1.91. The van der Waals surface area contributed by atoms with E-state index in [0.29, 0.717) is 11.8 Å². The summed E-state index contributed by atoms with van der Waals surface area (Å²) in [6.45, 7) is 2.70. The lowest BCUT2D eigenvalue weighted by Crippen LogP contribution is -2.11. The molecule has 0 radical (unpaired) electrons. The van der Waals surface area contributed by atoms with E-state index in [2.05, 4.69) is 4.98 Å². The maximum Gasteiger partial charge on any atom is 0.268 e. The standard InChI is InChI=1S/C7H10N2OS.ClH/c1-2-5-10-7(11)9-4-3-8-6-9;/h3-4,6H,2,5H2,1H3;1H. The van der Waals surface area contributed by atoms with E-state index in [1.807, 2.05) is 6.92 Å². The second-order valence-electron chi connectivity index (χ2n) is 2.08. The first-order valence-corrected chi connectivity index (χ1v) is 3.90. The van der Waals surface area contributed by atoms with Gasteiger partial charge in [0, 0.05) is 12.4 Å². The van der Waals surface area contributed by atoms with E-state index in [-0.39, 0.29) is 12.4 Å². The molecule has 0 bridgehead atoms. The normalized spacial score (nSPS) is 8.75. The summed E-state index contributed by atoms with van der Waals surface area (Å²) in [5.41, 5.74) is 0. The van der Waals surface area contributed by atoms with E-state index in [1.165, 1.54) is 0 Å². The van der Waals surface area contributed by atoms with Crippen LogP contribution in [0.15, 0.2) is 18.7 Å². The third kappa shape index (κ3) is 3.19. The summed E-state index contributed by atoms with van der Waals surface area (Å²) in [5.74, 6) is 0. The Balaban J connectivity index is 0.00000121. The lowest BCUT2D eigenvalue weighted by Gasteiger charge is -2.04. The van der Waals surface area contributed by atoms with Crippen molar-refractivity contribution >= 4 is 29.8 Å². The van der Waals surface area contributed by atoms with Gasteiger partial charge in [-0.2, -0.15) is 0 Å². The molecule has 0 atom stereocenters. The van der Waals surface area contributed by atoms with Gasteiger partial charge in [-0.25, -0.2) is 4.98 Å². The fourth-order valence-electron chi connectivity index (χ4n) is 0.631. The molecular weight excluding hydrogens is 196 g/mol. The van der Waals surface area contributed by atoms with Gasteiger partial charge < -0.3 is 4.74 Å². The summed E-state index contributed by atoms with van der Waals surface area (Å²) in [5, 5.41) is 0.462. The van der Waals surface area contributed by atoms with Crippen LogP contribution in [0.2, 0.25) is 0 Å². The first-order chi connectivity index (χ1) is 5.34. The molecule has 0 N–H and O–H groups in total. The van der Waals surface area contributed by atoms with Gasteiger partial charge in [-0.3, -0.25) is 4.57 Å². The van der Waals surface area contributed by atoms with Crippen LogP contribution < -0.4 is 0 Å². The highest BCUT2D eigenvalue weighted by molar-refractivity contribution is 7.80. The molecule has 5 heteroatoms. The third-order valence-corrected chi connectivity index (χ3v) is 1.47. The smallest absolute Gasteiger partial charge is 0.268 e. The molecule has 0 saturated heterocycles. The van der Waals surface area contributed by atoms with E-state index in [0.717, 1.165) is 6.42 Å². The first-order valence-electron chi connectivity index (χ1n) is 3.49. The Morgan fingerprint density at radius 1 is 1.67 bits per heavy atom. The van der Waals surface area contributed by atoms with Crippen molar-refractivity contribution < 1.29 is 4.74 Å². The Morgan fingerprint density at radius 3 is 2.92 bits per heavy atom. The van der Waals surface area contributed by atoms with Crippen molar-refractivity contribution in [3.8, 4) is 0 Å². The van der Waals surface area contributed by atoms with Gasteiger partial charge >= 0.3 is 0 Å². The van der Waals surface area contributed by atoms with Gasteiger partial charge in [0.05, 0.1) is 6.61 Å². The molecule has 0 aromatic carbocycles. The van der Waals surface area contributed by atoms with Crippen LogP contribution in [0.25, 0.3) is 0 Å². The minimum atomic E-state index is 0. The molecule has 0 aliphatic carbocycles. The second-order valence-corrected chi connectivity index (χ2v) is 2.43. The van der Waals surface area contributed by atoms with Crippen molar-refractivity contribution in [2.24, 2.45) is 0 Å². The average molecular weight is 207 g/mol. The molecule has 0 spiro atoms. The van der Waals surface area contributed by atoms with Crippen LogP contribution >= 0.6 is 24.6 Å². The maximum atomic E-state index is 5.19. The molecule has 1 aromatic rings. The minimum Gasteiger partial charge on any atom is -0.470 e. The molecular formula is C7H11ClN2OS. The van der Waals surface area contributed by atoms with Crippen molar-refractivity contribution in [1.29, 1.82) is 0 Å². The van der Waals surface area contributed by atoms with Gasteiger partial charge in [0.25, 0.3) is 5.17 Å². The zero-order valence-corrected chi connectivity index (χ0v) is 8.40. The van der Waals surface area contributed by atoms with Crippen LogP contribution in [0.4, 0.5) is 0 Å². The number of hydrogen-bond acceptors (Lipinski definition) is 3. The molecule has 3 nitrogen and oxygen atoms in total. The highest BCUT2D eigenvalue weighted by Gasteiger charge is 1.96. The van der Waals surface area contributed by atoms with Gasteiger partial charge in [-0.15, -0.1) is 12.4 Å². The van der Waals surface area contributed by atoms with E-state index in [9.17, 15) is 0 Å². The molecule has 12 heavy (non-hydrogen) atoms. The van der Waals surface area contributed by atoms with Crippen LogP contribution in [0, 0.1) is 0 Å². The zero-order chi connectivity index (χ0) is 8.10. The van der Waals surface area contributed by atoms with Crippen molar-refractivity contribution in [1.82, 2.24) is 9.55 Å². The van der Waals surface area contributed by atoms with Crippen molar-refractivity contribution in [2.45, 2.75) is 13.3 Å². The highest BCUT2D eigenvalue weighted by atomic mass is 35.5. The predicted molar refractivity (Wildman–Crippen MR) is 53.7 cm³/mol. The molecule has 0 aliphatic rings. The van der Waals surface area contributed by atoms with Gasteiger partial charge in [-0.1, -0.05) is 6.92 Å². The summed E-state index contributed by atoms with van der Waals surface area (Å²) in [6, 6.07) is 0. The molecule has 1 aromatic heterocycles. The molecule has 0 saturated carbocycles. The van der Waals surface area contributed by atoms with Crippen molar-refractivity contribution in [3.63, 3.8) is 0 Å². The SMILES string of the molecule is CCCOC(=S)n1ccnc1.Cl. The van der Waals surface area contributed by atoms with Gasteiger partial charge in [0.2, 0.25) is 0 Å². The Morgan fingerprint density at radius 2 is 2.42 bits per heavy atom. The number of nitrogens with zero attached hydrogens (tertiary/aromatic N) is 2. The monoisotopic (exact) mass is 206 g/mol. The fraction of sp³-hybridized carbons (Fsp3) is 0.429. The molecule has 1 heterocycles. The summed E-state index contributed by atoms with van der Waals surface area (Å²) < 4.78 is 6.86. The molecule has 0 fully saturated rings. The number of ether oxygens (including phenoxy) is 1.